The zero-order chi connectivity index (χ0) is 25.3. The summed E-state index contributed by atoms with van der Waals surface area (Å²) in [6.07, 6.45) is 0.518. The van der Waals surface area contributed by atoms with E-state index in [2.05, 4.69) is 32.9 Å². The Hall–Kier alpha value is -4.26. The number of nitrogens with one attached hydrogen (secondary N) is 1. The summed E-state index contributed by atoms with van der Waals surface area (Å²) in [6.45, 7) is 0.471. The Kier molecular flexibility index (Phi) is 7.69. The van der Waals surface area contributed by atoms with Gasteiger partial charge in [0.15, 0.2) is 5.82 Å². The van der Waals surface area contributed by atoms with Gasteiger partial charge in [0, 0.05) is 13.0 Å². The third-order valence-corrected chi connectivity index (χ3v) is 7.06. The number of hydrogen-bond donors (Lipinski definition) is 1. The summed E-state index contributed by atoms with van der Waals surface area (Å²) in [7, 11) is -3.53. The first-order chi connectivity index (χ1) is 18.2. The Labute approximate surface area is 215 Å². The Morgan fingerprint density at radius 2 is 1.24 bits per heavy atom. The average molecular weight is 512 g/mol. The molecule has 4 aromatic carbocycles. The van der Waals surface area contributed by atoms with E-state index in [1.54, 1.807) is 24.3 Å². The second-order valence-electron chi connectivity index (χ2n) is 8.24. The second-order valence-corrected chi connectivity index (χ2v) is 10.1. The van der Waals surface area contributed by atoms with Crippen molar-refractivity contribution in [1.29, 1.82) is 0 Å². The van der Waals surface area contributed by atoms with Crippen LogP contribution in [-0.2, 0) is 11.0 Å². The lowest BCUT2D eigenvalue weighted by Gasteiger charge is -2.20. The van der Waals surface area contributed by atoms with E-state index in [1.807, 2.05) is 78.9 Å². The highest BCUT2D eigenvalue weighted by atomic mass is 31.2. The molecule has 1 N–H and O–H groups in total. The Morgan fingerprint density at radius 3 is 1.84 bits per heavy atom. The van der Waals surface area contributed by atoms with Crippen LogP contribution < -0.4 is 14.4 Å². The SMILES string of the molecule is O=P(CNCCc1nnn(-c2ccc(-c3ccccc3)cc2)n1)(Oc1ccccc1)Oc1ccccc1. The van der Waals surface area contributed by atoms with Gasteiger partial charge in [-0.15, -0.1) is 15.0 Å². The summed E-state index contributed by atoms with van der Waals surface area (Å²) in [5, 5.41) is 16.0. The average Bonchev–Trinajstić information content (AvgIpc) is 3.42. The fourth-order valence-corrected chi connectivity index (χ4v) is 5.14. The maximum atomic E-state index is 13.5. The summed E-state index contributed by atoms with van der Waals surface area (Å²) in [5.74, 6) is 1.53. The number of rotatable bonds is 11. The molecule has 0 aliphatic heterocycles. The van der Waals surface area contributed by atoms with Gasteiger partial charge < -0.3 is 14.4 Å². The molecule has 5 aromatic rings. The second kappa shape index (κ2) is 11.6. The zero-order valence-corrected chi connectivity index (χ0v) is 20.9. The summed E-state index contributed by atoms with van der Waals surface area (Å²) in [4.78, 5) is 1.51. The number of nitrogens with zero attached hydrogens (tertiary/aromatic N) is 4. The molecule has 9 heteroatoms. The number of benzene rings is 4. The van der Waals surface area contributed by atoms with Crippen LogP contribution in [0.3, 0.4) is 0 Å². The molecule has 0 unspecified atom stereocenters. The van der Waals surface area contributed by atoms with E-state index in [4.69, 9.17) is 9.05 Å². The van der Waals surface area contributed by atoms with Gasteiger partial charge in [-0.25, -0.2) is 4.57 Å². The summed E-state index contributed by atoms with van der Waals surface area (Å²) < 4.78 is 25.1. The molecule has 1 heterocycles. The van der Waals surface area contributed by atoms with Gasteiger partial charge in [-0.3, -0.25) is 0 Å². The van der Waals surface area contributed by atoms with E-state index < -0.39 is 7.60 Å². The van der Waals surface area contributed by atoms with E-state index >= 15 is 0 Å². The largest absolute Gasteiger partial charge is 0.444 e. The number of tetrazole rings is 1. The van der Waals surface area contributed by atoms with Gasteiger partial charge >= 0.3 is 7.60 Å². The van der Waals surface area contributed by atoms with Crippen molar-refractivity contribution in [2.75, 3.05) is 12.8 Å². The maximum Gasteiger partial charge on any atom is 0.444 e. The van der Waals surface area contributed by atoms with Gasteiger partial charge in [0.2, 0.25) is 0 Å². The molecule has 5 rings (SSSR count). The Balaban J connectivity index is 1.18. The van der Waals surface area contributed by atoms with Crippen molar-refractivity contribution in [3.8, 4) is 28.3 Å². The van der Waals surface area contributed by atoms with E-state index in [9.17, 15) is 4.57 Å². The Morgan fingerprint density at radius 1 is 0.703 bits per heavy atom. The molecule has 0 saturated carbocycles. The first-order valence-corrected chi connectivity index (χ1v) is 13.6. The highest BCUT2D eigenvalue weighted by molar-refractivity contribution is 7.54. The van der Waals surface area contributed by atoms with Crippen LogP contribution in [0.4, 0.5) is 0 Å². The normalized spacial score (nSPS) is 11.2. The summed E-state index contributed by atoms with van der Waals surface area (Å²) in [6, 6.07) is 36.2. The molecule has 186 valence electrons. The van der Waals surface area contributed by atoms with Crippen molar-refractivity contribution in [3.05, 3.63) is 121 Å². The van der Waals surface area contributed by atoms with Crippen LogP contribution in [0.15, 0.2) is 115 Å². The molecule has 0 fully saturated rings. The first kappa shape index (κ1) is 24.4. The van der Waals surface area contributed by atoms with Gasteiger partial charge in [0.1, 0.15) is 17.8 Å². The first-order valence-electron chi connectivity index (χ1n) is 11.9. The predicted molar refractivity (Wildman–Crippen MR) is 143 cm³/mol. The lowest BCUT2D eigenvalue weighted by molar-refractivity contribution is 0.381. The maximum absolute atomic E-state index is 13.5. The molecule has 0 amide bonds. The lowest BCUT2D eigenvalue weighted by atomic mass is 10.1. The monoisotopic (exact) mass is 511 g/mol. The molecule has 0 radical (unpaired) electrons. The summed E-state index contributed by atoms with van der Waals surface area (Å²) >= 11 is 0. The number of para-hydroxylation sites is 2. The molecule has 0 saturated heterocycles. The third kappa shape index (κ3) is 6.70. The fraction of sp³-hybridized carbons (Fsp3) is 0.107. The van der Waals surface area contributed by atoms with Crippen LogP contribution in [0.25, 0.3) is 16.8 Å². The van der Waals surface area contributed by atoms with Crippen molar-refractivity contribution in [2.24, 2.45) is 0 Å². The van der Waals surface area contributed by atoms with E-state index in [-0.39, 0.29) is 6.29 Å². The van der Waals surface area contributed by atoms with Gasteiger partial charge in [-0.05, 0) is 52.7 Å². The van der Waals surface area contributed by atoms with Crippen LogP contribution in [0.2, 0.25) is 0 Å². The topological polar surface area (TPSA) is 91.2 Å². The highest BCUT2D eigenvalue weighted by Crippen LogP contribution is 2.47. The molecule has 37 heavy (non-hydrogen) atoms. The van der Waals surface area contributed by atoms with Gasteiger partial charge in [-0.1, -0.05) is 78.9 Å². The third-order valence-electron chi connectivity index (χ3n) is 5.47. The zero-order valence-electron chi connectivity index (χ0n) is 20.1. The van der Waals surface area contributed by atoms with E-state index in [1.165, 1.54) is 4.80 Å². The van der Waals surface area contributed by atoms with Crippen LogP contribution in [-0.4, -0.2) is 33.0 Å². The minimum atomic E-state index is -3.53. The smallest absolute Gasteiger partial charge is 0.415 e. The molecule has 8 nitrogen and oxygen atoms in total. The van der Waals surface area contributed by atoms with Gasteiger partial charge in [-0.2, -0.15) is 0 Å². The lowest BCUT2D eigenvalue weighted by Crippen LogP contribution is -2.22. The number of hydrogen-bond acceptors (Lipinski definition) is 7. The standard InChI is InChI=1S/C28H26N5O3P/c34-37(35-26-12-6-2-7-13-26,36-27-14-8-3-9-15-27)22-29-21-20-28-30-32-33(31-28)25-18-16-24(17-19-25)23-10-4-1-5-11-23/h1-19,29H,20-22H2. The van der Waals surface area contributed by atoms with E-state index in [0.29, 0.717) is 30.3 Å². The number of aromatic nitrogens is 4. The quantitative estimate of drug-likeness (QED) is 0.178. The molecular formula is C28H26N5O3P. The van der Waals surface area contributed by atoms with Crippen molar-refractivity contribution in [2.45, 2.75) is 6.42 Å². The Bertz CT molecular complexity index is 1400. The molecule has 1 aromatic heterocycles. The van der Waals surface area contributed by atoms with Crippen molar-refractivity contribution in [3.63, 3.8) is 0 Å². The van der Waals surface area contributed by atoms with Crippen LogP contribution in [0.1, 0.15) is 5.82 Å². The predicted octanol–water partition coefficient (Wildman–Crippen LogP) is 5.77. The molecule has 0 aliphatic carbocycles. The van der Waals surface area contributed by atoms with Crippen LogP contribution in [0, 0.1) is 0 Å². The van der Waals surface area contributed by atoms with Gasteiger partial charge in [0.05, 0.1) is 5.69 Å². The summed E-state index contributed by atoms with van der Waals surface area (Å²) in [5.41, 5.74) is 3.09. The van der Waals surface area contributed by atoms with Gasteiger partial charge in [0.25, 0.3) is 0 Å². The molecule has 0 bridgehead atoms. The highest BCUT2D eigenvalue weighted by Gasteiger charge is 2.28. The molecule has 0 atom stereocenters. The van der Waals surface area contributed by atoms with Crippen molar-refractivity contribution in [1.82, 2.24) is 25.5 Å². The molecular weight excluding hydrogens is 485 g/mol. The van der Waals surface area contributed by atoms with Crippen LogP contribution >= 0.6 is 7.60 Å². The minimum Gasteiger partial charge on any atom is -0.415 e. The molecule has 0 aliphatic rings. The molecule has 0 spiro atoms. The van der Waals surface area contributed by atoms with E-state index in [0.717, 1.165) is 16.8 Å². The fourth-order valence-electron chi connectivity index (χ4n) is 3.65. The van der Waals surface area contributed by atoms with Crippen molar-refractivity contribution >= 4 is 7.60 Å². The van der Waals surface area contributed by atoms with Crippen LogP contribution in [0.5, 0.6) is 11.5 Å². The minimum absolute atomic E-state index is 0.0197. The van der Waals surface area contributed by atoms with Crippen molar-refractivity contribution < 1.29 is 13.6 Å².